The van der Waals surface area contributed by atoms with E-state index in [9.17, 15) is 0 Å². The minimum absolute atomic E-state index is 0. The molecule has 0 bridgehead atoms. The number of rotatable bonds is 5. The van der Waals surface area contributed by atoms with Crippen molar-refractivity contribution in [1.82, 2.24) is 20.8 Å². The Labute approximate surface area is 124 Å². The Balaban J connectivity index is 0.00000162. The molecule has 1 aliphatic carbocycles. The van der Waals surface area contributed by atoms with Gasteiger partial charge in [0.05, 0.1) is 0 Å². The Morgan fingerprint density at radius 3 is 2.56 bits per heavy atom. The Hall–Kier alpha value is -0.860. The van der Waals surface area contributed by atoms with Crippen LogP contribution in [0.5, 0.6) is 0 Å². The minimum atomic E-state index is 0. The highest BCUT2D eigenvalue weighted by Crippen LogP contribution is 2.38. The molecule has 0 spiro atoms. The summed E-state index contributed by atoms with van der Waals surface area (Å²) < 4.78 is 5.17. The average Bonchev–Trinajstić information content (AvgIpc) is 3.07. The van der Waals surface area contributed by atoms with Crippen molar-refractivity contribution in [3.05, 3.63) is 11.7 Å². The molecule has 0 aromatic carbocycles. The lowest BCUT2D eigenvalue weighted by Crippen LogP contribution is -2.37. The summed E-state index contributed by atoms with van der Waals surface area (Å²) in [6.07, 6.45) is 2.34. The van der Waals surface area contributed by atoms with E-state index < -0.39 is 0 Å². The highest BCUT2D eigenvalue weighted by atomic mass is 127. The Morgan fingerprint density at radius 1 is 1.33 bits per heavy atom. The van der Waals surface area contributed by atoms with E-state index in [-0.39, 0.29) is 24.0 Å². The summed E-state index contributed by atoms with van der Waals surface area (Å²) in [6, 6.07) is 0. The molecule has 0 saturated heterocycles. The smallest absolute Gasteiger partial charge is 0.229 e. The molecule has 2 N–H and O–H groups in total. The van der Waals surface area contributed by atoms with Gasteiger partial charge in [0.1, 0.15) is 6.54 Å². The van der Waals surface area contributed by atoms with Crippen molar-refractivity contribution in [2.75, 3.05) is 13.1 Å². The number of nitrogens with one attached hydrogen (secondary N) is 2. The van der Waals surface area contributed by atoms with Crippen molar-refractivity contribution in [3.8, 4) is 0 Å². The number of hydrogen-bond acceptors (Lipinski definition) is 4. The molecule has 0 atom stereocenters. The number of nitrogens with zero attached hydrogens (tertiary/aromatic N) is 3. The predicted octanol–water partition coefficient (Wildman–Crippen LogP) is 1.64. The number of aromatic nitrogens is 2. The molecule has 1 fully saturated rings. The van der Waals surface area contributed by atoms with Gasteiger partial charge in [-0.1, -0.05) is 5.16 Å². The van der Waals surface area contributed by atoms with Crippen LogP contribution in [0, 0.1) is 0 Å². The highest BCUT2D eigenvalue weighted by molar-refractivity contribution is 14.0. The van der Waals surface area contributed by atoms with E-state index in [1.54, 1.807) is 0 Å². The Kier molecular flexibility index (Phi) is 6.37. The topological polar surface area (TPSA) is 75.3 Å². The SMILES string of the molecule is CCNC(=NCc1noc(C2CC2)n1)NCC.I. The first kappa shape index (κ1) is 15.2. The lowest BCUT2D eigenvalue weighted by atomic mass is 10.4. The van der Waals surface area contributed by atoms with Gasteiger partial charge in [-0.2, -0.15) is 4.98 Å². The maximum absolute atomic E-state index is 5.17. The van der Waals surface area contributed by atoms with E-state index in [4.69, 9.17) is 4.52 Å². The zero-order valence-electron chi connectivity index (χ0n) is 10.8. The van der Waals surface area contributed by atoms with E-state index in [1.807, 2.05) is 13.8 Å². The standard InChI is InChI=1S/C11H19N5O.HI/c1-3-12-11(13-4-2)14-7-9-15-10(17-16-9)8-5-6-8;/h8H,3-7H2,1-2H3,(H2,12,13,14);1H. The van der Waals surface area contributed by atoms with E-state index in [2.05, 4.69) is 25.8 Å². The average molecular weight is 365 g/mol. The molecule has 7 heteroatoms. The van der Waals surface area contributed by atoms with Crippen LogP contribution < -0.4 is 10.6 Å². The van der Waals surface area contributed by atoms with Crippen molar-refractivity contribution >= 4 is 29.9 Å². The van der Waals surface area contributed by atoms with Crippen LogP contribution in [0.15, 0.2) is 9.52 Å². The van der Waals surface area contributed by atoms with Gasteiger partial charge in [-0.05, 0) is 26.7 Å². The molecule has 1 aromatic rings. The molecular formula is C11H20IN5O. The summed E-state index contributed by atoms with van der Waals surface area (Å²) in [6.45, 7) is 6.20. The number of hydrogen-bond donors (Lipinski definition) is 2. The van der Waals surface area contributed by atoms with Crippen LogP contribution in [0.3, 0.4) is 0 Å². The fraction of sp³-hybridized carbons (Fsp3) is 0.727. The highest BCUT2D eigenvalue weighted by Gasteiger charge is 2.29. The van der Waals surface area contributed by atoms with Crippen molar-refractivity contribution < 1.29 is 4.52 Å². The first-order chi connectivity index (χ1) is 8.33. The normalized spacial score (nSPS) is 13.7. The van der Waals surface area contributed by atoms with Gasteiger partial charge in [-0.3, -0.25) is 0 Å². The van der Waals surface area contributed by atoms with Gasteiger partial charge in [-0.25, -0.2) is 4.99 Å². The zero-order chi connectivity index (χ0) is 12.1. The lowest BCUT2D eigenvalue weighted by molar-refractivity contribution is 0.374. The molecule has 6 nitrogen and oxygen atoms in total. The quantitative estimate of drug-likeness (QED) is 0.472. The summed E-state index contributed by atoms with van der Waals surface area (Å²) in [5.41, 5.74) is 0. The van der Waals surface area contributed by atoms with Crippen LogP contribution in [0.1, 0.15) is 44.3 Å². The van der Waals surface area contributed by atoms with Gasteiger partial charge in [0.15, 0.2) is 11.8 Å². The van der Waals surface area contributed by atoms with Crippen LogP contribution >= 0.6 is 24.0 Å². The van der Waals surface area contributed by atoms with Gasteiger partial charge >= 0.3 is 0 Å². The Morgan fingerprint density at radius 2 is 2.00 bits per heavy atom. The second kappa shape index (κ2) is 7.55. The van der Waals surface area contributed by atoms with Crippen LogP contribution in [0.4, 0.5) is 0 Å². The molecule has 0 unspecified atom stereocenters. The molecule has 102 valence electrons. The van der Waals surface area contributed by atoms with Crippen LogP contribution in [-0.2, 0) is 6.54 Å². The molecule has 0 amide bonds. The van der Waals surface area contributed by atoms with E-state index in [0.29, 0.717) is 18.3 Å². The third-order valence-corrected chi connectivity index (χ3v) is 2.48. The maximum atomic E-state index is 5.17. The fourth-order valence-corrected chi connectivity index (χ4v) is 1.49. The molecule has 1 aliphatic rings. The molecule has 0 aliphatic heterocycles. The van der Waals surface area contributed by atoms with Crippen molar-refractivity contribution in [1.29, 1.82) is 0 Å². The van der Waals surface area contributed by atoms with Crippen LogP contribution in [0.25, 0.3) is 0 Å². The zero-order valence-corrected chi connectivity index (χ0v) is 13.1. The molecule has 1 saturated carbocycles. The maximum Gasteiger partial charge on any atom is 0.229 e. The van der Waals surface area contributed by atoms with Gasteiger partial charge in [0.2, 0.25) is 5.89 Å². The summed E-state index contributed by atoms with van der Waals surface area (Å²) in [7, 11) is 0. The summed E-state index contributed by atoms with van der Waals surface area (Å²) in [5.74, 6) is 2.71. The van der Waals surface area contributed by atoms with Crippen molar-refractivity contribution in [3.63, 3.8) is 0 Å². The number of aliphatic imine (C=N–C) groups is 1. The molecule has 1 aromatic heterocycles. The van der Waals surface area contributed by atoms with Gasteiger partial charge in [0, 0.05) is 19.0 Å². The van der Waals surface area contributed by atoms with Crippen molar-refractivity contribution in [2.45, 2.75) is 39.2 Å². The van der Waals surface area contributed by atoms with Gasteiger partial charge < -0.3 is 15.2 Å². The van der Waals surface area contributed by atoms with E-state index in [1.165, 1.54) is 12.8 Å². The third kappa shape index (κ3) is 4.43. The largest absolute Gasteiger partial charge is 0.357 e. The Bertz CT molecular complexity index is 381. The minimum Gasteiger partial charge on any atom is -0.357 e. The number of guanidine groups is 1. The monoisotopic (exact) mass is 365 g/mol. The summed E-state index contributed by atoms with van der Waals surface area (Å²) in [4.78, 5) is 8.70. The van der Waals surface area contributed by atoms with Gasteiger partial charge in [-0.15, -0.1) is 24.0 Å². The van der Waals surface area contributed by atoms with Crippen molar-refractivity contribution in [2.24, 2.45) is 4.99 Å². The first-order valence-electron chi connectivity index (χ1n) is 6.18. The predicted molar refractivity (Wildman–Crippen MR) is 80.2 cm³/mol. The lowest BCUT2D eigenvalue weighted by Gasteiger charge is -2.07. The summed E-state index contributed by atoms with van der Waals surface area (Å²) >= 11 is 0. The van der Waals surface area contributed by atoms with E-state index >= 15 is 0 Å². The molecule has 2 rings (SSSR count). The molecular weight excluding hydrogens is 345 g/mol. The summed E-state index contributed by atoms with van der Waals surface area (Å²) in [5, 5.41) is 10.2. The van der Waals surface area contributed by atoms with Crippen LogP contribution in [-0.4, -0.2) is 29.2 Å². The van der Waals surface area contributed by atoms with E-state index in [0.717, 1.165) is 24.9 Å². The third-order valence-electron chi connectivity index (χ3n) is 2.48. The first-order valence-corrected chi connectivity index (χ1v) is 6.18. The molecule has 1 heterocycles. The van der Waals surface area contributed by atoms with Gasteiger partial charge in [0.25, 0.3) is 0 Å². The second-order valence-corrected chi connectivity index (χ2v) is 4.05. The molecule has 18 heavy (non-hydrogen) atoms. The fourth-order valence-electron chi connectivity index (χ4n) is 1.49. The molecule has 0 radical (unpaired) electrons. The van der Waals surface area contributed by atoms with Crippen LogP contribution in [0.2, 0.25) is 0 Å². The second-order valence-electron chi connectivity index (χ2n) is 4.05. The number of halogens is 1.